The Bertz CT molecular complexity index is 488. The third-order valence-electron chi connectivity index (χ3n) is 2.07. The smallest absolute Gasteiger partial charge is 0.417 e. The minimum atomic E-state index is -4.37. The molecule has 84 valence electrons. The van der Waals surface area contributed by atoms with Gasteiger partial charge in [-0.2, -0.15) is 13.2 Å². The molecule has 0 radical (unpaired) electrons. The Hall–Kier alpha value is -1.85. The quantitative estimate of drug-likeness (QED) is 0.752. The van der Waals surface area contributed by atoms with Gasteiger partial charge in [-0.1, -0.05) is 0 Å². The summed E-state index contributed by atoms with van der Waals surface area (Å²) in [7, 11) is 0. The summed E-state index contributed by atoms with van der Waals surface area (Å²) in [6.07, 6.45) is -2.37. The van der Waals surface area contributed by atoms with E-state index in [1.54, 1.807) is 6.92 Å². The van der Waals surface area contributed by atoms with Crippen LogP contribution in [0.15, 0.2) is 29.1 Å². The Morgan fingerprint density at radius 2 is 1.94 bits per heavy atom. The van der Waals surface area contributed by atoms with Gasteiger partial charge in [0.05, 0.1) is 11.3 Å². The Balaban J connectivity index is 2.37. The average molecular weight is 228 g/mol. The first-order chi connectivity index (χ1) is 7.48. The summed E-state index contributed by atoms with van der Waals surface area (Å²) in [5.74, 6) is 0.383. The molecule has 0 fully saturated rings. The molecule has 0 aromatic carbocycles. The molecule has 2 aromatic heterocycles. The van der Waals surface area contributed by atoms with E-state index >= 15 is 0 Å². The standard InChI is InChI=1S/C10H7F3N2O/c1-6-9(16-5-15-6)8-3-2-7(4-14-8)10(11,12)13/h2-5H,1H3. The van der Waals surface area contributed by atoms with Crippen LogP contribution < -0.4 is 0 Å². The molecule has 3 nitrogen and oxygen atoms in total. The number of halogens is 3. The first-order valence-electron chi connectivity index (χ1n) is 4.42. The Morgan fingerprint density at radius 1 is 1.19 bits per heavy atom. The van der Waals surface area contributed by atoms with E-state index in [1.165, 1.54) is 12.5 Å². The Morgan fingerprint density at radius 3 is 2.38 bits per heavy atom. The van der Waals surface area contributed by atoms with E-state index in [2.05, 4.69) is 9.97 Å². The second-order valence-electron chi connectivity index (χ2n) is 3.20. The van der Waals surface area contributed by atoms with Gasteiger partial charge in [-0.15, -0.1) is 0 Å². The van der Waals surface area contributed by atoms with Crippen LogP contribution in [-0.2, 0) is 6.18 Å². The first-order valence-corrected chi connectivity index (χ1v) is 4.42. The van der Waals surface area contributed by atoms with E-state index in [0.717, 1.165) is 12.3 Å². The van der Waals surface area contributed by atoms with E-state index in [4.69, 9.17) is 4.42 Å². The molecule has 2 heterocycles. The number of nitrogens with zero attached hydrogens (tertiary/aromatic N) is 2. The third-order valence-corrected chi connectivity index (χ3v) is 2.07. The van der Waals surface area contributed by atoms with Crippen LogP contribution in [0.5, 0.6) is 0 Å². The largest absolute Gasteiger partial charge is 0.442 e. The number of aryl methyl sites for hydroxylation is 1. The van der Waals surface area contributed by atoms with Crippen molar-refractivity contribution in [1.82, 2.24) is 9.97 Å². The first kappa shape index (κ1) is 10.7. The van der Waals surface area contributed by atoms with Crippen molar-refractivity contribution in [3.05, 3.63) is 36.0 Å². The van der Waals surface area contributed by atoms with Gasteiger partial charge in [-0.05, 0) is 19.1 Å². The van der Waals surface area contributed by atoms with Crippen LogP contribution in [-0.4, -0.2) is 9.97 Å². The fourth-order valence-electron chi connectivity index (χ4n) is 1.24. The van der Waals surface area contributed by atoms with E-state index in [9.17, 15) is 13.2 Å². The zero-order valence-electron chi connectivity index (χ0n) is 8.25. The highest BCUT2D eigenvalue weighted by Gasteiger charge is 2.30. The molecule has 16 heavy (non-hydrogen) atoms. The molecule has 0 aliphatic carbocycles. The van der Waals surface area contributed by atoms with Gasteiger partial charge >= 0.3 is 6.18 Å². The van der Waals surface area contributed by atoms with Gasteiger partial charge in [-0.3, -0.25) is 4.98 Å². The van der Waals surface area contributed by atoms with Crippen molar-refractivity contribution in [3.63, 3.8) is 0 Å². The van der Waals surface area contributed by atoms with Gasteiger partial charge in [0.1, 0.15) is 5.69 Å². The van der Waals surface area contributed by atoms with Gasteiger partial charge in [-0.25, -0.2) is 4.98 Å². The zero-order chi connectivity index (χ0) is 11.8. The maximum atomic E-state index is 12.3. The maximum absolute atomic E-state index is 12.3. The molecule has 0 amide bonds. The lowest BCUT2D eigenvalue weighted by molar-refractivity contribution is -0.137. The average Bonchev–Trinajstić information content (AvgIpc) is 2.63. The van der Waals surface area contributed by atoms with Crippen LogP contribution in [0, 0.1) is 6.92 Å². The Kier molecular flexibility index (Phi) is 2.41. The monoisotopic (exact) mass is 228 g/mol. The number of hydrogen-bond donors (Lipinski definition) is 0. The molecule has 2 rings (SSSR count). The molecule has 0 aliphatic heterocycles. The second-order valence-corrected chi connectivity index (χ2v) is 3.20. The van der Waals surface area contributed by atoms with Crippen molar-refractivity contribution in [2.45, 2.75) is 13.1 Å². The minimum absolute atomic E-state index is 0.336. The molecule has 0 N–H and O–H groups in total. The maximum Gasteiger partial charge on any atom is 0.417 e. The van der Waals surface area contributed by atoms with Gasteiger partial charge in [0, 0.05) is 6.20 Å². The predicted octanol–water partition coefficient (Wildman–Crippen LogP) is 3.06. The van der Waals surface area contributed by atoms with Gasteiger partial charge in [0.25, 0.3) is 0 Å². The van der Waals surface area contributed by atoms with Crippen LogP contribution in [0.3, 0.4) is 0 Å². The molecule has 0 aliphatic rings. The van der Waals surface area contributed by atoms with Crippen LogP contribution >= 0.6 is 0 Å². The van der Waals surface area contributed by atoms with Gasteiger partial charge in [0.2, 0.25) is 0 Å². The van der Waals surface area contributed by atoms with Crippen LogP contribution in [0.2, 0.25) is 0 Å². The van der Waals surface area contributed by atoms with Crippen LogP contribution in [0.1, 0.15) is 11.3 Å². The summed E-state index contributed by atoms with van der Waals surface area (Å²) in [4.78, 5) is 7.53. The number of oxazole rings is 1. The van der Waals surface area contributed by atoms with Crippen LogP contribution in [0.4, 0.5) is 13.2 Å². The number of alkyl halides is 3. The molecule has 0 spiro atoms. The lowest BCUT2D eigenvalue weighted by atomic mass is 10.2. The van der Waals surface area contributed by atoms with E-state index in [-0.39, 0.29) is 0 Å². The summed E-state index contributed by atoms with van der Waals surface area (Å²) in [6.45, 7) is 1.69. The number of pyridine rings is 1. The molecule has 0 unspecified atom stereocenters. The summed E-state index contributed by atoms with van der Waals surface area (Å²) in [6, 6.07) is 2.22. The molecule has 2 aromatic rings. The fraction of sp³-hybridized carbons (Fsp3) is 0.200. The van der Waals surface area contributed by atoms with Crippen LogP contribution in [0.25, 0.3) is 11.5 Å². The third kappa shape index (κ3) is 1.91. The minimum Gasteiger partial charge on any atom is -0.442 e. The predicted molar refractivity (Wildman–Crippen MR) is 49.5 cm³/mol. The summed E-state index contributed by atoms with van der Waals surface area (Å²) >= 11 is 0. The van der Waals surface area contributed by atoms with Crippen molar-refractivity contribution in [3.8, 4) is 11.5 Å². The zero-order valence-corrected chi connectivity index (χ0v) is 8.25. The van der Waals surface area contributed by atoms with E-state index in [0.29, 0.717) is 17.1 Å². The molecule has 0 atom stereocenters. The van der Waals surface area contributed by atoms with E-state index in [1.807, 2.05) is 0 Å². The highest BCUT2D eigenvalue weighted by molar-refractivity contribution is 5.54. The highest BCUT2D eigenvalue weighted by atomic mass is 19.4. The van der Waals surface area contributed by atoms with E-state index < -0.39 is 11.7 Å². The molecule has 0 saturated heterocycles. The summed E-state index contributed by atoms with van der Waals surface area (Å²) < 4.78 is 41.8. The number of rotatable bonds is 1. The lowest BCUT2D eigenvalue weighted by Crippen LogP contribution is -2.05. The van der Waals surface area contributed by atoms with Gasteiger partial charge < -0.3 is 4.42 Å². The molecular formula is C10H7F3N2O. The fourth-order valence-corrected chi connectivity index (χ4v) is 1.24. The summed E-state index contributed by atoms with van der Waals surface area (Å²) in [5.41, 5.74) is 0.142. The molecule has 0 bridgehead atoms. The SMILES string of the molecule is Cc1ncoc1-c1ccc(C(F)(F)F)cn1. The molecule has 0 saturated carbocycles. The lowest BCUT2D eigenvalue weighted by Gasteiger charge is -2.05. The topological polar surface area (TPSA) is 38.9 Å². The van der Waals surface area contributed by atoms with Crippen molar-refractivity contribution in [1.29, 1.82) is 0 Å². The number of aromatic nitrogens is 2. The normalized spacial score (nSPS) is 11.8. The second kappa shape index (κ2) is 3.62. The van der Waals surface area contributed by atoms with Crippen molar-refractivity contribution >= 4 is 0 Å². The summed E-state index contributed by atoms with van der Waals surface area (Å²) in [5, 5.41) is 0. The molecule has 6 heteroatoms. The Labute approximate surface area is 88.9 Å². The highest BCUT2D eigenvalue weighted by Crippen LogP contribution is 2.30. The number of hydrogen-bond acceptors (Lipinski definition) is 3. The van der Waals surface area contributed by atoms with Crippen molar-refractivity contribution in [2.24, 2.45) is 0 Å². The van der Waals surface area contributed by atoms with Crippen molar-refractivity contribution in [2.75, 3.05) is 0 Å². The van der Waals surface area contributed by atoms with Crippen molar-refractivity contribution < 1.29 is 17.6 Å². The molecular weight excluding hydrogens is 221 g/mol. The van der Waals surface area contributed by atoms with Gasteiger partial charge in [0.15, 0.2) is 12.2 Å².